The highest BCUT2D eigenvalue weighted by atomic mass is 19.4. The van der Waals surface area contributed by atoms with Crippen LogP contribution in [0.2, 0.25) is 0 Å². The number of rotatable bonds is 2. The van der Waals surface area contributed by atoms with Gasteiger partial charge in [0.1, 0.15) is 0 Å². The Morgan fingerprint density at radius 1 is 1.00 bits per heavy atom. The largest absolute Gasteiger partial charge is 0.471 e. The number of hydrogen-bond acceptors (Lipinski definition) is 2. The van der Waals surface area contributed by atoms with Crippen LogP contribution < -0.4 is 10.2 Å². The number of carbonyl (C=O) groups excluding carboxylic acids is 1. The van der Waals surface area contributed by atoms with Crippen LogP contribution in [0.4, 0.5) is 37.7 Å². The smallest absolute Gasteiger partial charge is 0.370 e. The fourth-order valence-electron chi connectivity index (χ4n) is 2.42. The van der Waals surface area contributed by atoms with Crippen LogP contribution >= 0.6 is 0 Å². The molecule has 1 N–H and O–H groups in total. The normalized spacial score (nSPS) is 16.3. The molecule has 3 nitrogen and oxygen atoms in total. The minimum atomic E-state index is -5.17. The first-order chi connectivity index (χ1) is 10.6. The molecule has 0 saturated carbocycles. The van der Waals surface area contributed by atoms with Crippen molar-refractivity contribution in [3.05, 3.63) is 23.8 Å². The Morgan fingerprint density at radius 3 is 2.13 bits per heavy atom. The van der Waals surface area contributed by atoms with Crippen LogP contribution in [-0.2, 0) is 11.0 Å². The summed E-state index contributed by atoms with van der Waals surface area (Å²) < 4.78 is 75.5. The van der Waals surface area contributed by atoms with E-state index in [1.54, 1.807) is 10.2 Å². The molecule has 0 bridgehead atoms. The highest BCUT2D eigenvalue weighted by Gasteiger charge is 2.40. The zero-order valence-electron chi connectivity index (χ0n) is 11.9. The van der Waals surface area contributed by atoms with E-state index in [1.165, 1.54) is 0 Å². The number of nitrogens with zero attached hydrogens (tertiary/aromatic N) is 1. The summed E-state index contributed by atoms with van der Waals surface area (Å²) in [6, 6.07) is 2.43. The van der Waals surface area contributed by atoms with Crippen molar-refractivity contribution in [1.29, 1.82) is 0 Å². The molecule has 0 aromatic heterocycles. The molecule has 9 heteroatoms. The number of alkyl halides is 6. The Bertz CT molecular complexity index is 576. The Kier molecular flexibility index (Phi) is 4.76. The maximum Gasteiger partial charge on any atom is 0.471 e. The second-order valence-corrected chi connectivity index (χ2v) is 5.23. The maximum absolute atomic E-state index is 12.8. The van der Waals surface area contributed by atoms with E-state index in [1.807, 2.05) is 0 Å². The van der Waals surface area contributed by atoms with Crippen LogP contribution in [-0.4, -0.2) is 25.2 Å². The van der Waals surface area contributed by atoms with Crippen LogP contribution in [0.25, 0.3) is 0 Å². The van der Waals surface area contributed by atoms with E-state index in [0.717, 1.165) is 31.4 Å². The maximum atomic E-state index is 12.8. The third-order valence-corrected chi connectivity index (χ3v) is 3.53. The molecule has 128 valence electrons. The topological polar surface area (TPSA) is 32.3 Å². The second kappa shape index (κ2) is 6.29. The van der Waals surface area contributed by atoms with Gasteiger partial charge in [-0.25, -0.2) is 0 Å². The van der Waals surface area contributed by atoms with Gasteiger partial charge in [-0.05, 0) is 37.5 Å². The van der Waals surface area contributed by atoms with E-state index >= 15 is 0 Å². The molecule has 2 rings (SSSR count). The van der Waals surface area contributed by atoms with Crippen molar-refractivity contribution in [2.24, 2.45) is 0 Å². The Morgan fingerprint density at radius 2 is 1.61 bits per heavy atom. The number of carbonyl (C=O) groups is 1. The highest BCUT2D eigenvalue weighted by Crippen LogP contribution is 2.36. The van der Waals surface area contributed by atoms with Crippen molar-refractivity contribution in [2.45, 2.75) is 31.6 Å². The third kappa shape index (κ3) is 4.29. The van der Waals surface area contributed by atoms with Crippen molar-refractivity contribution in [2.75, 3.05) is 23.3 Å². The van der Waals surface area contributed by atoms with E-state index in [0.29, 0.717) is 19.2 Å². The monoisotopic (exact) mass is 340 g/mol. The first-order valence-corrected chi connectivity index (χ1v) is 6.93. The lowest BCUT2D eigenvalue weighted by Gasteiger charge is -2.31. The molecule has 1 amide bonds. The van der Waals surface area contributed by atoms with Crippen LogP contribution in [0.5, 0.6) is 0 Å². The van der Waals surface area contributed by atoms with Gasteiger partial charge in [0, 0.05) is 13.1 Å². The van der Waals surface area contributed by atoms with Crippen LogP contribution in [0, 0.1) is 0 Å². The molecule has 1 saturated heterocycles. The number of amides is 1. The van der Waals surface area contributed by atoms with Crippen molar-refractivity contribution in [3.8, 4) is 0 Å². The van der Waals surface area contributed by atoms with E-state index in [2.05, 4.69) is 0 Å². The van der Waals surface area contributed by atoms with Gasteiger partial charge < -0.3 is 10.2 Å². The van der Waals surface area contributed by atoms with Crippen molar-refractivity contribution >= 4 is 17.3 Å². The standard InChI is InChI=1S/C14H14F6N2O/c15-13(16,17)9-4-5-11(22-6-2-1-3-7-22)10(8-9)21-12(23)14(18,19)20/h4-5,8H,1-3,6-7H2,(H,21,23). The first-order valence-electron chi connectivity index (χ1n) is 6.93. The molecule has 1 heterocycles. The van der Waals surface area contributed by atoms with Gasteiger partial charge in [0.15, 0.2) is 0 Å². The van der Waals surface area contributed by atoms with Crippen LogP contribution in [0.1, 0.15) is 24.8 Å². The van der Waals surface area contributed by atoms with Crippen LogP contribution in [0.3, 0.4) is 0 Å². The summed E-state index contributed by atoms with van der Waals surface area (Å²) in [5.41, 5.74) is -1.44. The zero-order chi connectivity index (χ0) is 17.3. The fraction of sp³-hybridized carbons (Fsp3) is 0.500. The zero-order valence-corrected chi connectivity index (χ0v) is 11.9. The number of nitrogens with one attached hydrogen (secondary N) is 1. The predicted octanol–water partition coefficient (Wildman–Crippen LogP) is 4.20. The molecule has 1 aliphatic heterocycles. The summed E-state index contributed by atoms with van der Waals surface area (Å²) >= 11 is 0. The molecule has 0 unspecified atom stereocenters. The van der Waals surface area contributed by atoms with Gasteiger partial charge in [-0.1, -0.05) is 0 Å². The third-order valence-electron chi connectivity index (χ3n) is 3.53. The Balaban J connectivity index is 2.38. The number of benzene rings is 1. The predicted molar refractivity (Wildman–Crippen MR) is 72.2 cm³/mol. The van der Waals surface area contributed by atoms with E-state index in [9.17, 15) is 31.1 Å². The van der Waals surface area contributed by atoms with Crippen molar-refractivity contribution in [1.82, 2.24) is 0 Å². The Hall–Kier alpha value is -1.93. The van der Waals surface area contributed by atoms with Crippen LogP contribution in [0.15, 0.2) is 18.2 Å². The van der Waals surface area contributed by atoms with Gasteiger partial charge in [0.25, 0.3) is 0 Å². The summed E-state index contributed by atoms with van der Waals surface area (Å²) in [5, 5.41) is 1.55. The van der Waals surface area contributed by atoms with Crippen molar-refractivity contribution < 1.29 is 31.1 Å². The van der Waals surface area contributed by atoms with E-state index in [4.69, 9.17) is 0 Å². The lowest BCUT2D eigenvalue weighted by atomic mass is 10.1. The van der Waals surface area contributed by atoms with Gasteiger partial charge >= 0.3 is 18.3 Å². The second-order valence-electron chi connectivity index (χ2n) is 5.23. The Labute approximate surface area is 128 Å². The molecule has 23 heavy (non-hydrogen) atoms. The molecule has 1 fully saturated rings. The summed E-state index contributed by atoms with van der Waals surface area (Å²) in [6.45, 7) is 1.03. The first kappa shape index (κ1) is 17.4. The average molecular weight is 340 g/mol. The van der Waals surface area contributed by atoms with E-state index < -0.39 is 29.5 Å². The van der Waals surface area contributed by atoms with Gasteiger partial charge in [0.05, 0.1) is 16.9 Å². The lowest BCUT2D eigenvalue weighted by molar-refractivity contribution is -0.167. The number of anilines is 2. The van der Waals surface area contributed by atoms with Gasteiger partial charge in [-0.3, -0.25) is 4.79 Å². The van der Waals surface area contributed by atoms with E-state index in [-0.39, 0.29) is 5.69 Å². The number of hydrogen-bond donors (Lipinski definition) is 1. The lowest BCUT2D eigenvalue weighted by Crippen LogP contribution is -2.33. The highest BCUT2D eigenvalue weighted by molar-refractivity contribution is 5.98. The molecule has 0 spiro atoms. The fourth-order valence-corrected chi connectivity index (χ4v) is 2.42. The van der Waals surface area contributed by atoms with Gasteiger partial charge in [-0.2, -0.15) is 26.3 Å². The molecule has 0 radical (unpaired) electrons. The minimum Gasteiger partial charge on any atom is -0.370 e. The van der Waals surface area contributed by atoms with Gasteiger partial charge in [-0.15, -0.1) is 0 Å². The summed E-state index contributed by atoms with van der Waals surface area (Å²) in [6.07, 6.45) is -7.37. The molecule has 1 aromatic carbocycles. The molecule has 0 aliphatic carbocycles. The quantitative estimate of drug-likeness (QED) is 0.819. The number of piperidine rings is 1. The summed E-state index contributed by atoms with van der Waals surface area (Å²) in [7, 11) is 0. The molecule has 0 atom stereocenters. The molecular formula is C14H14F6N2O. The molecule has 1 aromatic rings. The molecular weight excluding hydrogens is 326 g/mol. The summed E-state index contributed by atoms with van der Waals surface area (Å²) in [5.74, 6) is -2.30. The minimum absolute atomic E-state index is 0.162. The number of halogens is 6. The summed E-state index contributed by atoms with van der Waals surface area (Å²) in [4.78, 5) is 12.8. The molecule has 1 aliphatic rings. The SMILES string of the molecule is O=C(Nc1cc(C(F)(F)F)ccc1N1CCCCC1)C(F)(F)F. The van der Waals surface area contributed by atoms with Gasteiger partial charge in [0.2, 0.25) is 0 Å². The van der Waals surface area contributed by atoms with Crippen molar-refractivity contribution in [3.63, 3.8) is 0 Å². The average Bonchev–Trinajstić information content (AvgIpc) is 2.46.